The van der Waals surface area contributed by atoms with Gasteiger partial charge in [0.1, 0.15) is 6.07 Å². The number of hydrogen-bond donors (Lipinski definition) is 0. The first kappa shape index (κ1) is 11.7. The summed E-state index contributed by atoms with van der Waals surface area (Å²) in [6.45, 7) is 1.88. The Morgan fingerprint density at radius 3 is 2.80 bits per heavy atom. The van der Waals surface area contributed by atoms with Crippen LogP contribution in [0.15, 0.2) is 16.6 Å². The molecule has 1 rings (SSSR count). The Morgan fingerprint density at radius 1 is 1.60 bits per heavy atom. The smallest absolute Gasteiger partial charge is 0.310 e. The largest absolute Gasteiger partial charge is 0.469 e. The molecule has 78 valence electrons. The maximum absolute atomic E-state index is 11.1. The molecule has 0 aliphatic rings. The van der Waals surface area contributed by atoms with Crippen molar-refractivity contribution in [2.45, 2.75) is 13.3 Å². The number of benzene rings is 1. The maximum atomic E-state index is 11.1. The molecule has 1 aromatic rings. The van der Waals surface area contributed by atoms with Crippen LogP contribution in [0.4, 0.5) is 0 Å². The molecule has 0 bridgehead atoms. The van der Waals surface area contributed by atoms with Gasteiger partial charge in [-0.05, 0) is 40.0 Å². The van der Waals surface area contributed by atoms with Gasteiger partial charge < -0.3 is 4.74 Å². The Labute approximate surface area is 96.8 Å². The van der Waals surface area contributed by atoms with Crippen molar-refractivity contribution in [2.75, 3.05) is 7.11 Å². The van der Waals surface area contributed by atoms with Crippen LogP contribution >= 0.6 is 15.9 Å². The first-order chi connectivity index (χ1) is 7.08. The number of esters is 1. The maximum Gasteiger partial charge on any atom is 0.310 e. The number of carbonyl (C=O) groups excluding carboxylic acids is 1. The lowest BCUT2D eigenvalue weighted by Crippen LogP contribution is -2.05. The Kier molecular flexibility index (Phi) is 3.87. The minimum Gasteiger partial charge on any atom is -0.469 e. The molecule has 0 N–H and O–H groups in total. The zero-order valence-electron chi connectivity index (χ0n) is 8.50. The lowest BCUT2D eigenvalue weighted by molar-refractivity contribution is -0.139. The van der Waals surface area contributed by atoms with E-state index in [-0.39, 0.29) is 12.4 Å². The van der Waals surface area contributed by atoms with Crippen molar-refractivity contribution >= 4 is 21.9 Å². The summed E-state index contributed by atoms with van der Waals surface area (Å²) in [7, 11) is 1.34. The zero-order chi connectivity index (χ0) is 11.4. The molecule has 0 saturated heterocycles. The Hall–Kier alpha value is -1.34. The molecule has 0 aliphatic heterocycles. The molecule has 0 aliphatic carbocycles. The van der Waals surface area contributed by atoms with Gasteiger partial charge in [0.2, 0.25) is 0 Å². The lowest BCUT2D eigenvalue weighted by Gasteiger charge is -2.06. The van der Waals surface area contributed by atoms with Gasteiger partial charge in [-0.1, -0.05) is 6.07 Å². The number of nitriles is 1. The minimum absolute atomic E-state index is 0.174. The van der Waals surface area contributed by atoms with E-state index in [1.54, 1.807) is 6.07 Å². The van der Waals surface area contributed by atoms with E-state index in [2.05, 4.69) is 26.7 Å². The van der Waals surface area contributed by atoms with Crippen LogP contribution in [0.3, 0.4) is 0 Å². The molecule has 0 atom stereocenters. The first-order valence-electron chi connectivity index (χ1n) is 4.34. The molecular weight excluding hydrogens is 258 g/mol. The number of methoxy groups -OCH3 is 1. The van der Waals surface area contributed by atoms with Gasteiger partial charge in [-0.15, -0.1) is 0 Å². The highest BCUT2D eigenvalue weighted by molar-refractivity contribution is 9.10. The van der Waals surface area contributed by atoms with Gasteiger partial charge in [-0.25, -0.2) is 0 Å². The standard InChI is InChI=1S/C11H10BrNO2/c1-7-3-8(5-10(14)15-2)11(12)9(4-7)6-13/h3-4H,5H2,1-2H3. The molecule has 0 radical (unpaired) electrons. The average Bonchev–Trinajstić information content (AvgIpc) is 2.22. The van der Waals surface area contributed by atoms with Crippen LogP contribution < -0.4 is 0 Å². The van der Waals surface area contributed by atoms with Gasteiger partial charge in [-0.2, -0.15) is 5.26 Å². The number of rotatable bonds is 2. The third-order valence-electron chi connectivity index (χ3n) is 1.98. The average molecular weight is 268 g/mol. The van der Waals surface area contributed by atoms with Crippen molar-refractivity contribution in [1.82, 2.24) is 0 Å². The summed E-state index contributed by atoms with van der Waals surface area (Å²) >= 11 is 3.30. The number of aryl methyl sites for hydroxylation is 1. The highest BCUT2D eigenvalue weighted by Gasteiger charge is 2.10. The van der Waals surface area contributed by atoms with E-state index >= 15 is 0 Å². The highest BCUT2D eigenvalue weighted by atomic mass is 79.9. The van der Waals surface area contributed by atoms with Gasteiger partial charge in [0, 0.05) is 4.47 Å². The van der Waals surface area contributed by atoms with Gasteiger partial charge in [0.05, 0.1) is 19.1 Å². The van der Waals surface area contributed by atoms with Gasteiger partial charge >= 0.3 is 5.97 Å². The van der Waals surface area contributed by atoms with E-state index < -0.39 is 0 Å². The second-order valence-corrected chi connectivity index (χ2v) is 3.94. The number of carbonyl (C=O) groups is 1. The van der Waals surface area contributed by atoms with E-state index in [4.69, 9.17) is 5.26 Å². The molecule has 0 saturated carbocycles. The summed E-state index contributed by atoms with van der Waals surface area (Å²) in [6.07, 6.45) is 0.174. The first-order valence-corrected chi connectivity index (χ1v) is 5.13. The Morgan fingerprint density at radius 2 is 2.27 bits per heavy atom. The summed E-state index contributed by atoms with van der Waals surface area (Å²) in [5.74, 6) is -0.315. The van der Waals surface area contributed by atoms with Crippen LogP contribution in [0.2, 0.25) is 0 Å². The SMILES string of the molecule is COC(=O)Cc1cc(C)cc(C#N)c1Br. The molecule has 15 heavy (non-hydrogen) atoms. The van der Waals surface area contributed by atoms with Crippen molar-refractivity contribution in [2.24, 2.45) is 0 Å². The predicted octanol–water partition coefficient (Wildman–Crippen LogP) is 2.34. The topological polar surface area (TPSA) is 50.1 Å². The van der Waals surface area contributed by atoms with E-state index in [1.807, 2.05) is 13.0 Å². The second-order valence-electron chi connectivity index (χ2n) is 3.15. The van der Waals surface area contributed by atoms with Crippen molar-refractivity contribution < 1.29 is 9.53 Å². The van der Waals surface area contributed by atoms with Crippen molar-refractivity contribution in [3.8, 4) is 6.07 Å². The fourth-order valence-corrected chi connectivity index (χ4v) is 1.74. The number of halogens is 1. The minimum atomic E-state index is -0.315. The quantitative estimate of drug-likeness (QED) is 0.773. The summed E-state index contributed by atoms with van der Waals surface area (Å²) in [5, 5.41) is 8.86. The van der Waals surface area contributed by atoms with Crippen LogP contribution in [0, 0.1) is 18.3 Å². The molecule has 0 aromatic heterocycles. The van der Waals surface area contributed by atoms with Crippen LogP contribution in [0.5, 0.6) is 0 Å². The molecule has 4 heteroatoms. The molecule has 0 heterocycles. The number of ether oxygens (including phenoxy) is 1. The van der Waals surface area contributed by atoms with Gasteiger partial charge in [0.25, 0.3) is 0 Å². The molecule has 1 aromatic carbocycles. The molecule has 0 spiro atoms. The third-order valence-corrected chi connectivity index (χ3v) is 2.91. The van der Waals surface area contributed by atoms with Crippen LogP contribution in [0.1, 0.15) is 16.7 Å². The van der Waals surface area contributed by atoms with E-state index in [0.29, 0.717) is 10.0 Å². The second kappa shape index (κ2) is 4.94. The lowest BCUT2D eigenvalue weighted by atomic mass is 10.0. The highest BCUT2D eigenvalue weighted by Crippen LogP contribution is 2.23. The molecular formula is C11H10BrNO2. The summed E-state index contributed by atoms with van der Waals surface area (Å²) in [5.41, 5.74) is 2.26. The molecule has 0 amide bonds. The number of nitrogens with zero attached hydrogens (tertiary/aromatic N) is 1. The van der Waals surface area contributed by atoms with Crippen molar-refractivity contribution in [3.63, 3.8) is 0 Å². The van der Waals surface area contributed by atoms with Crippen LogP contribution in [0.25, 0.3) is 0 Å². The Bertz CT molecular complexity index is 435. The fourth-order valence-electron chi connectivity index (χ4n) is 1.28. The van der Waals surface area contributed by atoms with Crippen molar-refractivity contribution in [1.29, 1.82) is 5.26 Å². The predicted molar refractivity (Wildman–Crippen MR) is 59.3 cm³/mol. The third kappa shape index (κ3) is 2.80. The van der Waals surface area contributed by atoms with Gasteiger partial charge in [0.15, 0.2) is 0 Å². The molecule has 0 fully saturated rings. The molecule has 3 nitrogen and oxygen atoms in total. The van der Waals surface area contributed by atoms with E-state index in [9.17, 15) is 4.79 Å². The fraction of sp³-hybridized carbons (Fsp3) is 0.273. The van der Waals surface area contributed by atoms with Gasteiger partial charge in [-0.3, -0.25) is 4.79 Å². The van der Waals surface area contributed by atoms with Crippen LogP contribution in [-0.2, 0) is 16.0 Å². The van der Waals surface area contributed by atoms with E-state index in [0.717, 1.165) is 11.1 Å². The summed E-state index contributed by atoms with van der Waals surface area (Å²) in [6, 6.07) is 5.70. The number of hydrogen-bond acceptors (Lipinski definition) is 3. The zero-order valence-corrected chi connectivity index (χ0v) is 10.1. The Balaban J connectivity index is 3.13. The summed E-state index contributed by atoms with van der Waals surface area (Å²) in [4.78, 5) is 11.1. The van der Waals surface area contributed by atoms with E-state index in [1.165, 1.54) is 7.11 Å². The normalized spacial score (nSPS) is 9.47. The summed E-state index contributed by atoms with van der Waals surface area (Å²) < 4.78 is 5.25. The van der Waals surface area contributed by atoms with Crippen LogP contribution in [-0.4, -0.2) is 13.1 Å². The van der Waals surface area contributed by atoms with Crippen molar-refractivity contribution in [3.05, 3.63) is 33.3 Å². The molecule has 0 unspecified atom stereocenters. The monoisotopic (exact) mass is 267 g/mol.